The molecule has 4 aromatic rings. The van der Waals surface area contributed by atoms with E-state index in [4.69, 9.17) is 11.6 Å². The summed E-state index contributed by atoms with van der Waals surface area (Å²) < 4.78 is 0. The predicted molar refractivity (Wildman–Crippen MR) is 97.3 cm³/mol. The molecule has 2 aromatic heterocycles. The zero-order valence-electron chi connectivity index (χ0n) is 12.9. The Morgan fingerprint density at radius 3 is 2.54 bits per heavy atom. The van der Waals surface area contributed by atoms with Crippen LogP contribution in [0.1, 0.15) is 5.69 Å². The van der Waals surface area contributed by atoms with E-state index in [0.29, 0.717) is 5.02 Å². The third-order valence-electron chi connectivity index (χ3n) is 4.04. The Morgan fingerprint density at radius 2 is 1.75 bits per heavy atom. The van der Waals surface area contributed by atoms with Crippen molar-refractivity contribution in [2.75, 3.05) is 0 Å². The molecule has 5 heteroatoms. The molecule has 24 heavy (non-hydrogen) atoms. The number of aromatic amines is 2. The second-order valence-electron chi connectivity index (χ2n) is 5.69. The van der Waals surface area contributed by atoms with Crippen molar-refractivity contribution < 1.29 is 0 Å². The zero-order chi connectivity index (χ0) is 16.7. The topological polar surface area (TPSA) is 61.5 Å². The Kier molecular flexibility index (Phi) is 3.47. The maximum Gasteiger partial charge on any atom is 0.323 e. The van der Waals surface area contributed by atoms with Crippen molar-refractivity contribution in [2.24, 2.45) is 0 Å². The standard InChI is InChI=1S/C19H14ClN3O/c1-11-5-6-13(10-21-11)14-3-2-4-15(20)18(14)12-7-8-16-17(9-12)23-19(24)22-16/h2-10H,1H3,(H2,22,23,24). The van der Waals surface area contributed by atoms with E-state index in [-0.39, 0.29) is 5.69 Å². The summed E-state index contributed by atoms with van der Waals surface area (Å²) in [5.41, 5.74) is 6.15. The third-order valence-corrected chi connectivity index (χ3v) is 4.36. The first-order chi connectivity index (χ1) is 11.6. The van der Waals surface area contributed by atoms with Gasteiger partial charge in [0.15, 0.2) is 0 Å². The molecule has 0 radical (unpaired) electrons. The Morgan fingerprint density at radius 1 is 0.958 bits per heavy atom. The molecule has 0 fully saturated rings. The first kappa shape index (κ1) is 14.7. The maximum absolute atomic E-state index is 11.5. The lowest BCUT2D eigenvalue weighted by Crippen LogP contribution is -1.99. The average molecular weight is 336 g/mol. The van der Waals surface area contributed by atoms with Crippen LogP contribution < -0.4 is 5.69 Å². The highest BCUT2D eigenvalue weighted by atomic mass is 35.5. The van der Waals surface area contributed by atoms with Crippen LogP contribution in [0.5, 0.6) is 0 Å². The van der Waals surface area contributed by atoms with Gasteiger partial charge in [0.1, 0.15) is 0 Å². The summed E-state index contributed by atoms with van der Waals surface area (Å²) in [6.45, 7) is 1.96. The number of pyridine rings is 1. The van der Waals surface area contributed by atoms with E-state index in [2.05, 4.69) is 15.0 Å². The molecule has 0 amide bonds. The van der Waals surface area contributed by atoms with Crippen molar-refractivity contribution in [3.63, 3.8) is 0 Å². The fraction of sp³-hybridized carbons (Fsp3) is 0.0526. The number of fused-ring (bicyclic) bond motifs is 1. The highest BCUT2D eigenvalue weighted by molar-refractivity contribution is 6.34. The minimum absolute atomic E-state index is 0.218. The summed E-state index contributed by atoms with van der Waals surface area (Å²) >= 11 is 6.50. The molecular formula is C19H14ClN3O. The first-order valence-electron chi connectivity index (χ1n) is 7.56. The van der Waals surface area contributed by atoms with Gasteiger partial charge in [0.05, 0.1) is 11.0 Å². The van der Waals surface area contributed by atoms with Gasteiger partial charge in [-0.15, -0.1) is 0 Å². The molecule has 0 atom stereocenters. The molecule has 0 saturated heterocycles. The molecular weight excluding hydrogens is 322 g/mol. The second kappa shape index (κ2) is 5.65. The number of aryl methyl sites for hydroxylation is 1. The minimum atomic E-state index is -0.218. The fourth-order valence-electron chi connectivity index (χ4n) is 2.87. The molecule has 0 aliphatic carbocycles. The van der Waals surface area contributed by atoms with E-state index in [1.165, 1.54) is 0 Å². The molecule has 0 aliphatic rings. The molecule has 0 bridgehead atoms. The van der Waals surface area contributed by atoms with Crippen LogP contribution in [0.4, 0.5) is 0 Å². The van der Waals surface area contributed by atoms with Crippen LogP contribution in [-0.4, -0.2) is 15.0 Å². The monoisotopic (exact) mass is 335 g/mol. The number of imidazole rings is 1. The van der Waals surface area contributed by atoms with Gasteiger partial charge in [-0.1, -0.05) is 35.9 Å². The number of aromatic nitrogens is 3. The van der Waals surface area contributed by atoms with Gasteiger partial charge in [-0.3, -0.25) is 4.98 Å². The van der Waals surface area contributed by atoms with E-state index in [1.807, 2.05) is 61.7 Å². The summed E-state index contributed by atoms with van der Waals surface area (Å²) in [6, 6.07) is 15.6. The van der Waals surface area contributed by atoms with Crippen molar-refractivity contribution in [1.82, 2.24) is 15.0 Å². The second-order valence-corrected chi connectivity index (χ2v) is 6.10. The summed E-state index contributed by atoms with van der Waals surface area (Å²) in [7, 11) is 0. The van der Waals surface area contributed by atoms with Crippen molar-refractivity contribution in [1.29, 1.82) is 0 Å². The van der Waals surface area contributed by atoms with Crippen molar-refractivity contribution in [3.05, 3.63) is 75.9 Å². The summed E-state index contributed by atoms with van der Waals surface area (Å²) in [4.78, 5) is 21.4. The van der Waals surface area contributed by atoms with Crippen LogP contribution in [0.2, 0.25) is 5.02 Å². The van der Waals surface area contributed by atoms with Crippen LogP contribution in [-0.2, 0) is 0 Å². The average Bonchev–Trinajstić information content (AvgIpc) is 2.94. The molecule has 2 heterocycles. The van der Waals surface area contributed by atoms with Crippen LogP contribution in [0, 0.1) is 6.92 Å². The molecule has 0 unspecified atom stereocenters. The minimum Gasteiger partial charge on any atom is -0.306 e. The van der Waals surface area contributed by atoms with E-state index in [9.17, 15) is 4.79 Å². The largest absolute Gasteiger partial charge is 0.323 e. The molecule has 4 nitrogen and oxygen atoms in total. The van der Waals surface area contributed by atoms with Gasteiger partial charge in [0, 0.05) is 28.0 Å². The molecule has 118 valence electrons. The zero-order valence-corrected chi connectivity index (χ0v) is 13.7. The number of rotatable bonds is 2. The molecule has 0 spiro atoms. The van der Waals surface area contributed by atoms with Gasteiger partial charge >= 0.3 is 5.69 Å². The van der Waals surface area contributed by atoms with Crippen LogP contribution in [0.3, 0.4) is 0 Å². The number of nitrogens with zero attached hydrogens (tertiary/aromatic N) is 1. The summed E-state index contributed by atoms with van der Waals surface area (Å²) in [5, 5.41) is 0.658. The summed E-state index contributed by atoms with van der Waals surface area (Å²) in [5.74, 6) is 0. The smallest absolute Gasteiger partial charge is 0.306 e. The number of benzene rings is 2. The number of nitrogens with one attached hydrogen (secondary N) is 2. The number of hydrogen-bond donors (Lipinski definition) is 2. The van der Waals surface area contributed by atoms with Crippen LogP contribution in [0.25, 0.3) is 33.3 Å². The Hall–Kier alpha value is -2.85. The lowest BCUT2D eigenvalue weighted by Gasteiger charge is -2.12. The van der Waals surface area contributed by atoms with E-state index < -0.39 is 0 Å². The van der Waals surface area contributed by atoms with Gasteiger partial charge in [-0.25, -0.2) is 4.79 Å². The fourth-order valence-corrected chi connectivity index (χ4v) is 3.16. The number of halogens is 1. The Labute approximate surface area is 143 Å². The lowest BCUT2D eigenvalue weighted by atomic mass is 9.95. The highest BCUT2D eigenvalue weighted by Gasteiger charge is 2.12. The first-order valence-corrected chi connectivity index (χ1v) is 7.93. The predicted octanol–water partition coefficient (Wildman–Crippen LogP) is 4.55. The van der Waals surface area contributed by atoms with Crippen molar-refractivity contribution in [3.8, 4) is 22.3 Å². The summed E-state index contributed by atoms with van der Waals surface area (Å²) in [6.07, 6.45) is 1.85. The van der Waals surface area contributed by atoms with Crippen molar-refractivity contribution >= 4 is 22.6 Å². The SMILES string of the molecule is Cc1ccc(-c2cccc(Cl)c2-c2ccc3[nH]c(=O)[nH]c3c2)cn1. The number of hydrogen-bond acceptors (Lipinski definition) is 2. The molecule has 0 aliphatic heterocycles. The lowest BCUT2D eigenvalue weighted by molar-refractivity contribution is 1.20. The van der Waals surface area contributed by atoms with Gasteiger partial charge in [-0.05, 0) is 42.3 Å². The Bertz CT molecular complexity index is 1090. The van der Waals surface area contributed by atoms with Gasteiger partial charge in [-0.2, -0.15) is 0 Å². The molecule has 0 saturated carbocycles. The van der Waals surface area contributed by atoms with E-state index in [1.54, 1.807) is 0 Å². The normalized spacial score (nSPS) is 11.1. The van der Waals surface area contributed by atoms with Crippen molar-refractivity contribution in [2.45, 2.75) is 6.92 Å². The van der Waals surface area contributed by atoms with Gasteiger partial charge < -0.3 is 9.97 Å². The quantitative estimate of drug-likeness (QED) is 0.564. The third kappa shape index (κ3) is 2.51. The van der Waals surface area contributed by atoms with Crippen LogP contribution >= 0.6 is 11.6 Å². The van der Waals surface area contributed by atoms with Crippen LogP contribution in [0.15, 0.2) is 59.5 Å². The van der Waals surface area contributed by atoms with Gasteiger partial charge in [0.2, 0.25) is 0 Å². The Balaban J connectivity index is 1.96. The van der Waals surface area contributed by atoms with E-state index in [0.717, 1.165) is 39.0 Å². The molecule has 2 aromatic carbocycles. The van der Waals surface area contributed by atoms with Gasteiger partial charge in [0.25, 0.3) is 0 Å². The van der Waals surface area contributed by atoms with E-state index >= 15 is 0 Å². The highest BCUT2D eigenvalue weighted by Crippen LogP contribution is 2.38. The molecule has 2 N–H and O–H groups in total. The number of H-pyrrole nitrogens is 2. The molecule has 4 rings (SSSR count). The maximum atomic E-state index is 11.5.